The van der Waals surface area contributed by atoms with Gasteiger partial charge in [0, 0.05) is 17.0 Å². The second-order valence-electron chi connectivity index (χ2n) is 4.05. The van der Waals surface area contributed by atoms with E-state index in [1.807, 2.05) is 24.3 Å². The lowest BCUT2D eigenvalue weighted by Crippen LogP contribution is -2.05. The van der Waals surface area contributed by atoms with E-state index < -0.39 is 0 Å². The molecule has 1 heterocycles. The van der Waals surface area contributed by atoms with E-state index in [4.69, 9.17) is 4.42 Å². The van der Waals surface area contributed by atoms with E-state index >= 15 is 0 Å². The summed E-state index contributed by atoms with van der Waals surface area (Å²) in [5, 5.41) is 10.5. The van der Waals surface area contributed by atoms with Crippen molar-refractivity contribution in [1.82, 2.24) is 0 Å². The van der Waals surface area contributed by atoms with E-state index in [0.717, 1.165) is 5.39 Å². The van der Waals surface area contributed by atoms with Crippen LogP contribution in [-0.2, 0) is 0 Å². The number of phenols is 1. The molecule has 0 atom stereocenters. The lowest BCUT2D eigenvalue weighted by Gasteiger charge is -2.09. The van der Waals surface area contributed by atoms with Crippen molar-refractivity contribution in [1.29, 1.82) is 0 Å². The van der Waals surface area contributed by atoms with Gasteiger partial charge in [-0.25, -0.2) is 0 Å². The molecule has 1 aromatic carbocycles. The van der Waals surface area contributed by atoms with E-state index in [2.05, 4.69) is 0 Å². The SMILES string of the molecule is Cc1c(O)cc(=O)c2cc3ccccc3oc1-2. The Morgan fingerprint density at radius 1 is 1.18 bits per heavy atom. The van der Waals surface area contributed by atoms with Crippen LogP contribution in [0.5, 0.6) is 5.75 Å². The summed E-state index contributed by atoms with van der Waals surface area (Å²) >= 11 is 0. The van der Waals surface area contributed by atoms with E-state index in [1.54, 1.807) is 13.0 Å². The minimum Gasteiger partial charge on any atom is -0.507 e. The molecule has 1 aliphatic carbocycles. The summed E-state index contributed by atoms with van der Waals surface area (Å²) in [7, 11) is 0. The fourth-order valence-electron chi connectivity index (χ4n) is 1.97. The van der Waals surface area contributed by atoms with Gasteiger partial charge in [-0.1, -0.05) is 18.2 Å². The van der Waals surface area contributed by atoms with Crippen molar-refractivity contribution in [2.75, 3.05) is 0 Å². The number of fused-ring (bicyclic) bond motifs is 2. The van der Waals surface area contributed by atoms with Crippen molar-refractivity contribution in [3.8, 4) is 17.1 Å². The lowest BCUT2D eigenvalue weighted by molar-refractivity contribution is 0.467. The monoisotopic (exact) mass is 226 g/mol. The summed E-state index contributed by atoms with van der Waals surface area (Å²) in [6, 6.07) is 10.5. The van der Waals surface area contributed by atoms with E-state index in [0.29, 0.717) is 22.5 Å². The molecule has 0 fully saturated rings. The fraction of sp³-hybridized carbons (Fsp3) is 0.0714. The number of benzene rings is 2. The topological polar surface area (TPSA) is 50.4 Å². The van der Waals surface area contributed by atoms with Crippen LogP contribution in [0.15, 0.2) is 45.6 Å². The second-order valence-corrected chi connectivity index (χ2v) is 4.05. The molecule has 0 unspecified atom stereocenters. The summed E-state index contributed by atoms with van der Waals surface area (Å²) in [4.78, 5) is 11.8. The highest BCUT2D eigenvalue weighted by Crippen LogP contribution is 2.31. The van der Waals surface area contributed by atoms with Crippen molar-refractivity contribution >= 4 is 11.0 Å². The van der Waals surface area contributed by atoms with E-state index in [9.17, 15) is 9.90 Å². The van der Waals surface area contributed by atoms with Crippen LogP contribution < -0.4 is 5.43 Å². The molecule has 0 aromatic heterocycles. The van der Waals surface area contributed by atoms with Gasteiger partial charge in [-0.15, -0.1) is 0 Å². The van der Waals surface area contributed by atoms with Gasteiger partial charge in [-0.3, -0.25) is 4.79 Å². The van der Waals surface area contributed by atoms with E-state index in [1.165, 1.54) is 6.07 Å². The quantitative estimate of drug-likeness (QED) is 0.599. The molecule has 84 valence electrons. The Labute approximate surface area is 97.3 Å². The molecule has 2 aliphatic rings. The van der Waals surface area contributed by atoms with Crippen molar-refractivity contribution in [3.63, 3.8) is 0 Å². The third kappa shape index (κ3) is 1.40. The van der Waals surface area contributed by atoms with Gasteiger partial charge < -0.3 is 9.52 Å². The van der Waals surface area contributed by atoms with Crippen molar-refractivity contribution in [2.24, 2.45) is 0 Å². The van der Waals surface area contributed by atoms with Crippen LogP contribution in [0.25, 0.3) is 22.3 Å². The predicted octanol–water partition coefficient (Wildman–Crippen LogP) is 2.91. The summed E-state index contributed by atoms with van der Waals surface area (Å²) < 4.78 is 5.68. The molecule has 3 nitrogen and oxygen atoms in total. The minimum absolute atomic E-state index is 0.0264. The molecule has 0 spiro atoms. The van der Waals surface area contributed by atoms with Crippen molar-refractivity contribution in [2.45, 2.75) is 6.92 Å². The van der Waals surface area contributed by atoms with Gasteiger partial charge in [-0.05, 0) is 19.1 Å². The van der Waals surface area contributed by atoms with Crippen LogP contribution in [0.2, 0.25) is 0 Å². The molecule has 0 saturated carbocycles. The smallest absolute Gasteiger partial charge is 0.193 e. The Balaban J connectivity index is 2.56. The Bertz CT molecular complexity index is 740. The summed E-state index contributed by atoms with van der Waals surface area (Å²) in [6.45, 7) is 1.73. The normalized spacial score (nSPS) is 11.1. The molecule has 1 N–H and O–H groups in total. The molecule has 1 aromatic rings. The third-order valence-corrected chi connectivity index (χ3v) is 2.93. The molecular weight excluding hydrogens is 216 g/mol. The van der Waals surface area contributed by atoms with Gasteiger partial charge in [0.05, 0.1) is 5.56 Å². The molecule has 17 heavy (non-hydrogen) atoms. The Hall–Kier alpha value is -2.29. The summed E-state index contributed by atoms with van der Waals surface area (Å²) in [5.74, 6) is 0.426. The Morgan fingerprint density at radius 3 is 2.76 bits per heavy atom. The highest BCUT2D eigenvalue weighted by atomic mass is 16.3. The van der Waals surface area contributed by atoms with Crippen LogP contribution in [0, 0.1) is 6.92 Å². The van der Waals surface area contributed by atoms with Gasteiger partial charge in [0.1, 0.15) is 17.1 Å². The zero-order chi connectivity index (χ0) is 12.0. The zero-order valence-electron chi connectivity index (χ0n) is 9.23. The lowest BCUT2D eigenvalue weighted by atomic mass is 10.0. The maximum Gasteiger partial charge on any atom is 0.193 e. The van der Waals surface area contributed by atoms with Crippen molar-refractivity contribution in [3.05, 3.63) is 52.2 Å². The second kappa shape index (κ2) is 3.35. The van der Waals surface area contributed by atoms with Gasteiger partial charge in [0.25, 0.3) is 0 Å². The number of aromatic hydroxyl groups is 1. The van der Waals surface area contributed by atoms with Gasteiger partial charge >= 0.3 is 0 Å². The summed E-state index contributed by atoms with van der Waals surface area (Å²) in [5.41, 5.74) is 1.56. The third-order valence-electron chi connectivity index (χ3n) is 2.93. The average Bonchev–Trinajstić information content (AvgIpc) is 2.34. The minimum atomic E-state index is -0.224. The maximum atomic E-state index is 11.8. The Morgan fingerprint density at radius 2 is 1.94 bits per heavy atom. The highest BCUT2D eigenvalue weighted by molar-refractivity contribution is 5.83. The highest BCUT2D eigenvalue weighted by Gasteiger charge is 2.16. The van der Waals surface area contributed by atoms with Crippen LogP contribution >= 0.6 is 0 Å². The first-order valence-electron chi connectivity index (χ1n) is 5.32. The fourth-order valence-corrected chi connectivity index (χ4v) is 1.97. The first kappa shape index (κ1) is 9.90. The van der Waals surface area contributed by atoms with Gasteiger partial charge in [0.15, 0.2) is 5.43 Å². The molecule has 1 aliphatic heterocycles. The van der Waals surface area contributed by atoms with Crippen molar-refractivity contribution < 1.29 is 9.52 Å². The molecule has 3 rings (SSSR count). The number of rotatable bonds is 0. The van der Waals surface area contributed by atoms with Crippen LogP contribution in [-0.4, -0.2) is 5.11 Å². The van der Waals surface area contributed by atoms with Gasteiger partial charge in [0.2, 0.25) is 0 Å². The molecule has 0 radical (unpaired) electrons. The predicted molar refractivity (Wildman–Crippen MR) is 65.5 cm³/mol. The molecule has 3 heteroatoms. The zero-order valence-corrected chi connectivity index (χ0v) is 9.23. The van der Waals surface area contributed by atoms with E-state index in [-0.39, 0.29) is 11.2 Å². The first-order chi connectivity index (χ1) is 8.16. The average molecular weight is 226 g/mol. The number of para-hydroxylation sites is 1. The molecule has 0 amide bonds. The number of hydrogen-bond acceptors (Lipinski definition) is 3. The largest absolute Gasteiger partial charge is 0.507 e. The Kier molecular flexibility index (Phi) is 1.95. The molecular formula is C14H10O3. The molecule has 0 bridgehead atoms. The van der Waals surface area contributed by atoms with Crippen LogP contribution in [0.1, 0.15) is 5.56 Å². The number of phenolic OH excluding ortho intramolecular Hbond substituents is 1. The number of hydrogen-bond donors (Lipinski definition) is 1. The maximum absolute atomic E-state index is 11.8. The molecule has 0 saturated heterocycles. The standard InChI is InChI=1S/C14H10O3/c1-8-11(15)7-12(16)10-6-9-4-2-3-5-13(9)17-14(8)10/h2-7,15H,1H3. The first-order valence-corrected chi connectivity index (χ1v) is 5.32. The van der Waals surface area contributed by atoms with Crippen LogP contribution in [0.4, 0.5) is 0 Å². The van der Waals surface area contributed by atoms with Gasteiger partial charge in [-0.2, -0.15) is 0 Å². The summed E-state index contributed by atoms with van der Waals surface area (Å²) in [6.07, 6.45) is 0. The van der Waals surface area contributed by atoms with Crippen LogP contribution in [0.3, 0.4) is 0 Å².